The minimum Gasteiger partial charge on any atom is -0.413 e. The van der Waals surface area contributed by atoms with Crippen LogP contribution in [0.25, 0.3) is 0 Å². The molecule has 8 heteroatoms. The second-order valence-corrected chi connectivity index (χ2v) is 13.9. The zero-order chi connectivity index (χ0) is 21.2. The highest BCUT2D eigenvalue weighted by Gasteiger charge is 2.40. The number of hydrogen-bond acceptors (Lipinski definition) is 4. The highest BCUT2D eigenvalue weighted by molar-refractivity contribution is 6.74. The summed E-state index contributed by atoms with van der Waals surface area (Å²) in [6, 6.07) is 6.02. The molecule has 0 aromatic heterocycles. The number of nitrogens with two attached hydrogens (primary N) is 1. The SMILES string of the molecule is CC(C)(C)[Si](C)(C)O[C@H]1CCN(C[C@H](CN)c2ccc(OC(F)(F)F)cc2)C1. The molecule has 0 radical (unpaired) electrons. The van der Waals surface area contributed by atoms with Crippen LogP contribution in [0.1, 0.15) is 38.7 Å². The summed E-state index contributed by atoms with van der Waals surface area (Å²) in [7, 11) is -1.79. The summed E-state index contributed by atoms with van der Waals surface area (Å²) in [5.41, 5.74) is 6.88. The average molecular weight is 419 g/mol. The van der Waals surface area contributed by atoms with Crippen LogP contribution >= 0.6 is 0 Å². The number of alkyl halides is 3. The number of rotatable bonds is 7. The van der Waals surface area contributed by atoms with Gasteiger partial charge in [0.25, 0.3) is 0 Å². The molecule has 1 saturated heterocycles. The molecular formula is C20H33F3N2O2Si. The number of halogens is 3. The summed E-state index contributed by atoms with van der Waals surface area (Å²) in [5, 5.41) is 0.181. The van der Waals surface area contributed by atoms with Gasteiger partial charge in [-0.05, 0) is 42.2 Å². The zero-order valence-electron chi connectivity index (χ0n) is 17.5. The molecule has 2 atom stereocenters. The predicted molar refractivity (Wildman–Crippen MR) is 108 cm³/mol. The van der Waals surface area contributed by atoms with Gasteiger partial charge in [0.05, 0.1) is 6.10 Å². The molecule has 0 aliphatic carbocycles. The number of hydrogen-bond donors (Lipinski definition) is 1. The van der Waals surface area contributed by atoms with Crippen LogP contribution in [0, 0.1) is 0 Å². The summed E-state index contributed by atoms with van der Waals surface area (Å²) >= 11 is 0. The van der Waals surface area contributed by atoms with Crippen LogP contribution in [0.4, 0.5) is 13.2 Å². The van der Waals surface area contributed by atoms with E-state index in [0.717, 1.165) is 31.6 Å². The van der Waals surface area contributed by atoms with Gasteiger partial charge >= 0.3 is 6.36 Å². The molecule has 1 aromatic rings. The third kappa shape index (κ3) is 6.47. The fraction of sp³-hybridized carbons (Fsp3) is 0.700. The quantitative estimate of drug-likeness (QED) is 0.651. The van der Waals surface area contributed by atoms with E-state index >= 15 is 0 Å². The molecule has 0 bridgehead atoms. The van der Waals surface area contributed by atoms with Crippen molar-refractivity contribution in [1.29, 1.82) is 0 Å². The van der Waals surface area contributed by atoms with Gasteiger partial charge in [0.1, 0.15) is 5.75 Å². The second-order valence-electron chi connectivity index (χ2n) is 9.10. The summed E-state index contributed by atoms with van der Waals surface area (Å²) in [6.45, 7) is 14.3. The fourth-order valence-corrected chi connectivity index (χ4v) is 4.60. The van der Waals surface area contributed by atoms with Crippen molar-refractivity contribution in [3.8, 4) is 5.75 Å². The molecule has 2 N–H and O–H groups in total. The Kier molecular flexibility index (Phi) is 7.23. The molecule has 1 aromatic carbocycles. The van der Waals surface area contributed by atoms with Gasteiger partial charge in [0, 0.05) is 32.1 Å². The summed E-state index contributed by atoms with van der Waals surface area (Å²) < 4.78 is 47.4. The Balaban J connectivity index is 1.93. The van der Waals surface area contributed by atoms with Crippen molar-refractivity contribution in [3.63, 3.8) is 0 Å². The van der Waals surface area contributed by atoms with Gasteiger partial charge in [-0.25, -0.2) is 0 Å². The van der Waals surface area contributed by atoms with Gasteiger partial charge in [0.2, 0.25) is 0 Å². The Hall–Kier alpha value is -1.09. The second kappa shape index (κ2) is 8.73. The standard InChI is InChI=1S/C20H33F3N2O2Si/c1-19(2,3)28(4,5)27-18-10-11-25(14-18)13-16(12-24)15-6-8-17(9-7-15)26-20(21,22)23/h6-9,16,18H,10-14,24H2,1-5H3/t16-,18-/m0/s1. The van der Waals surface area contributed by atoms with Crippen molar-refractivity contribution in [2.45, 2.75) is 63.7 Å². The Morgan fingerprint density at radius 1 is 1.18 bits per heavy atom. The van der Waals surface area contributed by atoms with E-state index in [2.05, 4.69) is 43.5 Å². The van der Waals surface area contributed by atoms with Gasteiger partial charge in [-0.15, -0.1) is 13.2 Å². The minimum absolute atomic E-state index is 0.0616. The largest absolute Gasteiger partial charge is 0.573 e. The Bertz CT molecular complexity index is 630. The van der Waals surface area contributed by atoms with Crippen molar-refractivity contribution in [2.75, 3.05) is 26.2 Å². The molecule has 1 fully saturated rings. The van der Waals surface area contributed by atoms with Crippen LogP contribution in [-0.4, -0.2) is 51.9 Å². The number of likely N-dealkylation sites (tertiary alicyclic amines) is 1. The normalized spacial score (nSPS) is 20.4. The lowest BCUT2D eigenvalue weighted by molar-refractivity contribution is -0.274. The Labute approximate surface area is 167 Å². The third-order valence-electron chi connectivity index (χ3n) is 5.84. The molecule has 1 aliphatic heterocycles. The van der Waals surface area contributed by atoms with Crippen LogP contribution in [-0.2, 0) is 4.43 Å². The van der Waals surface area contributed by atoms with Crippen molar-refractivity contribution in [1.82, 2.24) is 4.90 Å². The molecule has 2 rings (SSSR count). The van der Waals surface area contributed by atoms with E-state index in [4.69, 9.17) is 10.2 Å². The number of nitrogens with zero attached hydrogens (tertiary/aromatic N) is 1. The van der Waals surface area contributed by atoms with E-state index < -0.39 is 14.7 Å². The van der Waals surface area contributed by atoms with Crippen LogP contribution in [0.15, 0.2) is 24.3 Å². The first-order valence-electron chi connectivity index (χ1n) is 9.76. The number of benzene rings is 1. The summed E-state index contributed by atoms with van der Waals surface area (Å²) in [5.74, 6) is -0.150. The van der Waals surface area contributed by atoms with Crippen molar-refractivity contribution in [2.24, 2.45) is 5.73 Å². The first-order chi connectivity index (χ1) is 12.8. The summed E-state index contributed by atoms with van der Waals surface area (Å²) in [6.07, 6.45) is -3.44. The average Bonchev–Trinajstić information content (AvgIpc) is 2.97. The van der Waals surface area contributed by atoms with E-state index in [1.54, 1.807) is 12.1 Å². The van der Waals surface area contributed by atoms with E-state index in [-0.39, 0.29) is 22.8 Å². The van der Waals surface area contributed by atoms with E-state index in [9.17, 15) is 13.2 Å². The monoisotopic (exact) mass is 418 g/mol. The van der Waals surface area contributed by atoms with Crippen LogP contribution in [0.2, 0.25) is 18.1 Å². The van der Waals surface area contributed by atoms with E-state index in [1.165, 1.54) is 12.1 Å². The van der Waals surface area contributed by atoms with Gasteiger partial charge in [-0.3, -0.25) is 0 Å². The smallest absolute Gasteiger partial charge is 0.413 e. The lowest BCUT2D eigenvalue weighted by Crippen LogP contribution is -2.44. The molecular weight excluding hydrogens is 385 g/mol. The van der Waals surface area contributed by atoms with Gasteiger partial charge in [0.15, 0.2) is 8.32 Å². The maximum Gasteiger partial charge on any atom is 0.573 e. The lowest BCUT2D eigenvalue weighted by Gasteiger charge is -2.38. The molecule has 160 valence electrons. The Morgan fingerprint density at radius 2 is 1.79 bits per heavy atom. The molecule has 1 aliphatic rings. The molecule has 1 heterocycles. The molecule has 0 saturated carbocycles. The van der Waals surface area contributed by atoms with Crippen molar-refractivity contribution in [3.05, 3.63) is 29.8 Å². The van der Waals surface area contributed by atoms with Crippen molar-refractivity contribution >= 4 is 8.32 Å². The highest BCUT2D eigenvalue weighted by Crippen LogP contribution is 2.38. The van der Waals surface area contributed by atoms with E-state index in [0.29, 0.717) is 6.54 Å². The number of ether oxygens (including phenoxy) is 1. The lowest BCUT2D eigenvalue weighted by atomic mass is 9.98. The minimum atomic E-state index is -4.68. The van der Waals surface area contributed by atoms with Gasteiger partial charge in [-0.1, -0.05) is 32.9 Å². The highest BCUT2D eigenvalue weighted by atomic mass is 28.4. The maximum absolute atomic E-state index is 12.3. The fourth-order valence-electron chi connectivity index (χ4n) is 3.22. The topological polar surface area (TPSA) is 47.7 Å². The third-order valence-corrected chi connectivity index (χ3v) is 10.4. The first kappa shape index (κ1) is 23.2. The first-order valence-corrected chi connectivity index (χ1v) is 12.7. The van der Waals surface area contributed by atoms with Gasteiger partial charge < -0.3 is 19.8 Å². The molecule has 4 nitrogen and oxygen atoms in total. The Morgan fingerprint density at radius 3 is 2.29 bits per heavy atom. The molecule has 28 heavy (non-hydrogen) atoms. The molecule has 0 amide bonds. The van der Waals surface area contributed by atoms with Crippen LogP contribution < -0.4 is 10.5 Å². The van der Waals surface area contributed by atoms with Crippen LogP contribution in [0.5, 0.6) is 5.75 Å². The van der Waals surface area contributed by atoms with Crippen molar-refractivity contribution < 1.29 is 22.3 Å². The maximum atomic E-state index is 12.3. The molecule has 0 spiro atoms. The zero-order valence-corrected chi connectivity index (χ0v) is 18.5. The molecule has 0 unspecified atom stereocenters. The van der Waals surface area contributed by atoms with Crippen LogP contribution in [0.3, 0.4) is 0 Å². The predicted octanol–water partition coefficient (Wildman–Crippen LogP) is 4.72. The van der Waals surface area contributed by atoms with E-state index in [1.807, 2.05) is 0 Å². The summed E-state index contributed by atoms with van der Waals surface area (Å²) in [4.78, 5) is 2.34. The van der Waals surface area contributed by atoms with Gasteiger partial charge in [-0.2, -0.15) is 0 Å².